The lowest BCUT2D eigenvalue weighted by Gasteiger charge is -2.11. The van der Waals surface area contributed by atoms with Crippen molar-refractivity contribution in [3.05, 3.63) is 65.7 Å². The molecule has 0 saturated carbocycles. The molecule has 0 bridgehead atoms. The molecule has 7 nitrogen and oxygen atoms in total. The number of hydrogen-bond donors (Lipinski definition) is 3. The van der Waals surface area contributed by atoms with Crippen molar-refractivity contribution in [2.24, 2.45) is 4.99 Å². The Hall–Kier alpha value is -3.35. The molecule has 1 aromatic carbocycles. The molecule has 3 aromatic heterocycles. The molecule has 0 amide bonds. The lowest BCUT2D eigenvalue weighted by Crippen LogP contribution is -2.38. The number of hydrogen-bond acceptors (Lipinski definition) is 3. The minimum absolute atomic E-state index is 0.553. The first kappa shape index (κ1) is 18.0. The number of fused-ring (bicyclic) bond motifs is 2. The number of H-pyrrole nitrogens is 1. The highest BCUT2D eigenvalue weighted by atomic mass is 15.3. The van der Waals surface area contributed by atoms with Gasteiger partial charge in [0.05, 0.1) is 6.54 Å². The van der Waals surface area contributed by atoms with Gasteiger partial charge < -0.3 is 15.6 Å². The second-order valence-electron chi connectivity index (χ2n) is 6.65. The maximum absolute atomic E-state index is 4.31. The Bertz CT molecular complexity index is 1110. The molecule has 0 spiro atoms. The first-order valence-corrected chi connectivity index (χ1v) is 9.61. The number of rotatable bonds is 6. The van der Waals surface area contributed by atoms with Crippen molar-refractivity contribution >= 4 is 22.5 Å². The van der Waals surface area contributed by atoms with Crippen molar-refractivity contribution in [1.29, 1.82) is 0 Å². The van der Waals surface area contributed by atoms with Crippen molar-refractivity contribution in [1.82, 2.24) is 30.2 Å². The highest BCUT2D eigenvalue weighted by Crippen LogP contribution is 2.22. The maximum Gasteiger partial charge on any atom is 0.191 e. The second kappa shape index (κ2) is 8.12. The molecule has 3 N–H and O–H groups in total. The van der Waals surface area contributed by atoms with E-state index in [9.17, 15) is 0 Å². The molecule has 0 aliphatic carbocycles. The van der Waals surface area contributed by atoms with Gasteiger partial charge >= 0.3 is 0 Å². The van der Waals surface area contributed by atoms with Gasteiger partial charge in [-0.15, -0.1) is 10.2 Å². The monoisotopic (exact) mass is 375 g/mol. The molecular weight excluding hydrogens is 350 g/mol. The van der Waals surface area contributed by atoms with Crippen LogP contribution < -0.4 is 10.6 Å². The van der Waals surface area contributed by atoms with E-state index in [1.165, 1.54) is 22.0 Å². The van der Waals surface area contributed by atoms with Gasteiger partial charge in [0.15, 0.2) is 17.4 Å². The van der Waals surface area contributed by atoms with Crippen LogP contribution in [0.15, 0.2) is 53.8 Å². The van der Waals surface area contributed by atoms with Gasteiger partial charge in [0.2, 0.25) is 0 Å². The molecule has 0 unspecified atom stereocenters. The van der Waals surface area contributed by atoms with Gasteiger partial charge in [-0.2, -0.15) is 0 Å². The van der Waals surface area contributed by atoms with Crippen LogP contribution >= 0.6 is 0 Å². The van der Waals surface area contributed by atoms with Crippen molar-refractivity contribution in [2.75, 3.05) is 13.6 Å². The van der Waals surface area contributed by atoms with E-state index in [0.29, 0.717) is 6.54 Å². The number of pyridine rings is 1. The molecule has 0 saturated heterocycles. The Balaban J connectivity index is 1.35. The number of nitrogens with zero attached hydrogens (tertiary/aromatic N) is 4. The number of nitrogens with one attached hydrogen (secondary N) is 3. The van der Waals surface area contributed by atoms with Crippen molar-refractivity contribution in [2.45, 2.75) is 26.3 Å². The minimum atomic E-state index is 0.553. The van der Waals surface area contributed by atoms with E-state index >= 15 is 0 Å². The van der Waals surface area contributed by atoms with Crippen LogP contribution in [0.2, 0.25) is 0 Å². The van der Waals surface area contributed by atoms with E-state index in [2.05, 4.69) is 62.1 Å². The smallest absolute Gasteiger partial charge is 0.191 e. The zero-order valence-corrected chi connectivity index (χ0v) is 16.2. The van der Waals surface area contributed by atoms with Crippen LogP contribution in [0.4, 0.5) is 0 Å². The Morgan fingerprint density at radius 2 is 2.04 bits per heavy atom. The lowest BCUT2D eigenvalue weighted by molar-refractivity contribution is 0.758. The zero-order chi connectivity index (χ0) is 19.3. The molecule has 7 heteroatoms. The average molecular weight is 375 g/mol. The van der Waals surface area contributed by atoms with Gasteiger partial charge in [-0.1, -0.05) is 31.2 Å². The summed E-state index contributed by atoms with van der Waals surface area (Å²) in [5, 5.41) is 16.4. The molecule has 0 atom stereocenters. The van der Waals surface area contributed by atoms with Gasteiger partial charge in [-0.05, 0) is 36.1 Å². The number of guanidine groups is 1. The van der Waals surface area contributed by atoms with Crippen LogP contribution in [0.25, 0.3) is 16.6 Å². The standard InChI is InChI=1S/C21H25N7/c1-3-15-7-6-8-17-16(13-24-20(15)17)10-11-23-21(22-2)25-14-19-27-26-18-9-4-5-12-28(18)19/h4-9,12-13,24H,3,10-11,14H2,1-2H3,(H2,22,23,25). The average Bonchev–Trinajstić information content (AvgIpc) is 3.34. The summed E-state index contributed by atoms with van der Waals surface area (Å²) in [5.74, 6) is 1.60. The highest BCUT2D eigenvalue weighted by Gasteiger charge is 2.08. The third kappa shape index (κ3) is 3.55. The minimum Gasteiger partial charge on any atom is -0.361 e. The summed E-state index contributed by atoms with van der Waals surface area (Å²) in [5.41, 5.74) is 4.76. The van der Waals surface area contributed by atoms with Crippen LogP contribution in [0, 0.1) is 0 Å². The molecule has 4 aromatic rings. The molecule has 0 radical (unpaired) electrons. The van der Waals surface area contributed by atoms with Crippen molar-refractivity contribution < 1.29 is 0 Å². The second-order valence-corrected chi connectivity index (χ2v) is 6.65. The molecule has 28 heavy (non-hydrogen) atoms. The van der Waals surface area contributed by atoms with E-state index < -0.39 is 0 Å². The third-order valence-corrected chi connectivity index (χ3v) is 4.98. The number of para-hydroxylation sites is 1. The summed E-state index contributed by atoms with van der Waals surface area (Å²) in [6, 6.07) is 12.4. The van der Waals surface area contributed by atoms with Gasteiger partial charge in [-0.25, -0.2) is 0 Å². The predicted molar refractivity (Wildman–Crippen MR) is 113 cm³/mol. The molecule has 3 heterocycles. The zero-order valence-electron chi connectivity index (χ0n) is 16.2. The van der Waals surface area contributed by atoms with Crippen LogP contribution in [-0.4, -0.2) is 39.1 Å². The van der Waals surface area contributed by atoms with Crippen LogP contribution in [0.1, 0.15) is 23.9 Å². The first-order valence-electron chi connectivity index (χ1n) is 9.61. The molecule has 4 rings (SSSR count). The fraction of sp³-hybridized carbons (Fsp3) is 0.286. The SMILES string of the molecule is CCc1cccc2c(CCNC(=NC)NCc3nnc4ccccn34)c[nH]c12. The Morgan fingerprint density at radius 3 is 2.89 bits per heavy atom. The van der Waals surface area contributed by atoms with Gasteiger partial charge in [0, 0.05) is 36.9 Å². The number of aromatic amines is 1. The van der Waals surface area contributed by atoms with Gasteiger partial charge in [0.25, 0.3) is 0 Å². The van der Waals surface area contributed by atoms with Crippen LogP contribution in [0.5, 0.6) is 0 Å². The number of aryl methyl sites for hydroxylation is 1. The summed E-state index contributed by atoms with van der Waals surface area (Å²) in [6.45, 7) is 3.53. The maximum atomic E-state index is 4.31. The summed E-state index contributed by atoms with van der Waals surface area (Å²) >= 11 is 0. The highest BCUT2D eigenvalue weighted by molar-refractivity contribution is 5.86. The Labute approximate surface area is 163 Å². The fourth-order valence-corrected chi connectivity index (χ4v) is 3.49. The molecule has 144 valence electrons. The first-order chi connectivity index (χ1) is 13.8. The van der Waals surface area contributed by atoms with E-state index in [-0.39, 0.29) is 0 Å². The van der Waals surface area contributed by atoms with E-state index in [1.807, 2.05) is 28.8 Å². The number of aliphatic imine (C=N–C) groups is 1. The quantitative estimate of drug-likeness (QED) is 0.357. The van der Waals surface area contributed by atoms with E-state index in [0.717, 1.165) is 36.8 Å². The normalized spacial score (nSPS) is 12.0. The summed E-state index contributed by atoms with van der Waals surface area (Å²) in [6.07, 6.45) is 6.03. The van der Waals surface area contributed by atoms with Crippen molar-refractivity contribution in [3.63, 3.8) is 0 Å². The van der Waals surface area contributed by atoms with Gasteiger partial charge in [0.1, 0.15) is 0 Å². The molecule has 0 aliphatic heterocycles. The van der Waals surface area contributed by atoms with Crippen LogP contribution in [0.3, 0.4) is 0 Å². The van der Waals surface area contributed by atoms with Gasteiger partial charge in [-0.3, -0.25) is 9.39 Å². The summed E-state index contributed by atoms with van der Waals surface area (Å²) < 4.78 is 1.97. The summed E-state index contributed by atoms with van der Waals surface area (Å²) in [4.78, 5) is 7.73. The molecule has 0 fully saturated rings. The van der Waals surface area contributed by atoms with E-state index in [1.54, 1.807) is 7.05 Å². The fourth-order valence-electron chi connectivity index (χ4n) is 3.49. The van der Waals surface area contributed by atoms with Crippen LogP contribution in [-0.2, 0) is 19.4 Å². The molecular formula is C21H25N7. The lowest BCUT2D eigenvalue weighted by atomic mass is 10.1. The Kier molecular flexibility index (Phi) is 5.23. The number of aromatic nitrogens is 4. The topological polar surface area (TPSA) is 82.4 Å². The van der Waals surface area contributed by atoms with E-state index in [4.69, 9.17) is 0 Å². The largest absolute Gasteiger partial charge is 0.361 e. The summed E-state index contributed by atoms with van der Waals surface area (Å²) in [7, 11) is 1.77. The third-order valence-electron chi connectivity index (χ3n) is 4.98. The molecule has 0 aliphatic rings. The van der Waals surface area contributed by atoms with Crippen molar-refractivity contribution in [3.8, 4) is 0 Å². The Morgan fingerprint density at radius 1 is 1.11 bits per heavy atom. The number of benzene rings is 1. The predicted octanol–water partition coefficient (Wildman–Crippen LogP) is 2.68.